The highest BCUT2D eigenvalue weighted by Gasteiger charge is 2.24. The zero-order chi connectivity index (χ0) is 38.4. The molecule has 14 nitrogen and oxygen atoms in total. The van der Waals surface area contributed by atoms with E-state index in [1.165, 1.54) is 55.6 Å². The van der Waals surface area contributed by atoms with Crippen molar-refractivity contribution in [2.24, 2.45) is 5.73 Å². The molecule has 1 unspecified atom stereocenters. The van der Waals surface area contributed by atoms with Crippen molar-refractivity contribution in [3.8, 4) is 5.69 Å². The average molecular weight is 743 g/mol. The summed E-state index contributed by atoms with van der Waals surface area (Å²) in [7, 11) is 1.52. The molecule has 0 bridgehead atoms. The number of thiophene rings is 1. The smallest absolute Gasteiger partial charge is 0.399 e. The summed E-state index contributed by atoms with van der Waals surface area (Å²) in [4.78, 5) is 66.1. The van der Waals surface area contributed by atoms with E-state index in [4.69, 9.17) is 17.3 Å². The van der Waals surface area contributed by atoms with Gasteiger partial charge in [0.05, 0.1) is 26.6 Å². The van der Waals surface area contributed by atoms with Crippen molar-refractivity contribution in [3.63, 3.8) is 0 Å². The summed E-state index contributed by atoms with van der Waals surface area (Å²) >= 11 is 7.21. The molecule has 0 aliphatic rings. The largest absolute Gasteiger partial charge is 0.438 e. The van der Waals surface area contributed by atoms with E-state index in [1.807, 2.05) is 27.7 Å². The van der Waals surface area contributed by atoms with Gasteiger partial charge in [-0.15, -0.1) is 11.3 Å². The molecule has 5 aromatic rings. The quantitative estimate of drug-likeness (QED) is 0.113. The number of rotatable bonds is 8. The molecule has 0 aliphatic heterocycles. The normalized spacial score (nSPS) is 11.0. The number of hydrogen-bond acceptors (Lipinski definition) is 10. The predicted molar refractivity (Wildman–Crippen MR) is 199 cm³/mol. The second-order valence-corrected chi connectivity index (χ2v) is 11.6. The van der Waals surface area contributed by atoms with Crippen LogP contribution in [0, 0.1) is 5.82 Å². The molecule has 272 valence electrons. The lowest BCUT2D eigenvalue weighted by molar-refractivity contribution is -0.118. The number of allylic oxidation sites excluding steroid dienone is 2. The van der Waals surface area contributed by atoms with Crippen LogP contribution in [0.25, 0.3) is 16.6 Å². The predicted octanol–water partition coefficient (Wildman–Crippen LogP) is 5.32. The van der Waals surface area contributed by atoms with Crippen LogP contribution in [0.1, 0.15) is 68.6 Å². The van der Waals surface area contributed by atoms with Crippen molar-refractivity contribution < 1.29 is 18.5 Å². The van der Waals surface area contributed by atoms with Crippen LogP contribution in [0.4, 0.5) is 10.1 Å². The van der Waals surface area contributed by atoms with Crippen molar-refractivity contribution in [1.82, 2.24) is 30.3 Å². The van der Waals surface area contributed by atoms with Gasteiger partial charge in [-0.25, -0.2) is 18.5 Å². The molecule has 2 aromatic carbocycles. The summed E-state index contributed by atoms with van der Waals surface area (Å²) < 4.78 is 20.1. The molecule has 5 rings (SSSR count). The van der Waals surface area contributed by atoms with Crippen LogP contribution in [-0.4, -0.2) is 38.6 Å². The number of nitrogens with two attached hydrogens (primary N) is 1. The third-order valence-corrected chi connectivity index (χ3v) is 7.60. The first-order chi connectivity index (χ1) is 24.3. The maximum atomic E-state index is 14.2. The van der Waals surface area contributed by atoms with Crippen LogP contribution < -0.4 is 38.7 Å². The Bertz CT molecular complexity index is 2180. The third-order valence-electron chi connectivity index (χ3n) is 6.30. The van der Waals surface area contributed by atoms with Gasteiger partial charge in [-0.1, -0.05) is 51.0 Å². The van der Waals surface area contributed by atoms with Gasteiger partial charge < -0.3 is 26.7 Å². The molecule has 0 fully saturated rings. The Morgan fingerprint density at radius 3 is 2.22 bits per heavy atom. The Balaban J connectivity index is 0.000000553. The summed E-state index contributed by atoms with van der Waals surface area (Å²) in [5, 5.41) is 11.6. The minimum Gasteiger partial charge on any atom is -0.399 e. The zero-order valence-corrected chi connectivity index (χ0v) is 30.6. The van der Waals surface area contributed by atoms with Crippen LogP contribution >= 0.6 is 22.9 Å². The molecule has 0 aliphatic carbocycles. The molecule has 1 atom stereocenters. The first-order valence-corrected chi connectivity index (χ1v) is 16.8. The Kier molecular flexibility index (Phi) is 15.8. The van der Waals surface area contributed by atoms with Gasteiger partial charge in [-0.3, -0.25) is 23.9 Å². The maximum Gasteiger partial charge on any atom is 0.438 e. The van der Waals surface area contributed by atoms with Gasteiger partial charge >= 0.3 is 11.4 Å². The molecule has 0 spiro atoms. The van der Waals surface area contributed by atoms with E-state index >= 15 is 0 Å². The minimum atomic E-state index is -0.848. The fourth-order valence-electron chi connectivity index (χ4n) is 4.36. The number of aromatic amines is 2. The number of carbonyl (C=O) groups excluding carboxylic acids is 2. The van der Waals surface area contributed by atoms with Gasteiger partial charge in [0, 0.05) is 35.8 Å². The topological polar surface area (TPSA) is 210 Å². The number of anilines is 1. The van der Waals surface area contributed by atoms with E-state index in [1.54, 1.807) is 25.1 Å². The lowest BCUT2D eigenvalue weighted by Gasteiger charge is -2.14. The highest BCUT2D eigenvalue weighted by atomic mass is 35.5. The summed E-state index contributed by atoms with van der Waals surface area (Å²) in [5.74, 6) is -1.99. The van der Waals surface area contributed by atoms with Crippen LogP contribution in [0.2, 0.25) is 4.34 Å². The maximum absolute atomic E-state index is 14.2. The number of nitrogens with one attached hydrogen (secondary N) is 5. The van der Waals surface area contributed by atoms with Crippen molar-refractivity contribution in [3.05, 3.63) is 130 Å². The fraction of sp³-hybridized carbons (Fsp3) is 0.235. The van der Waals surface area contributed by atoms with Crippen LogP contribution in [0.15, 0.2) is 91.5 Å². The van der Waals surface area contributed by atoms with Gasteiger partial charge in [0.1, 0.15) is 11.9 Å². The van der Waals surface area contributed by atoms with Gasteiger partial charge in [0.2, 0.25) is 5.91 Å². The van der Waals surface area contributed by atoms with Crippen molar-refractivity contribution in [2.75, 3.05) is 12.4 Å². The van der Waals surface area contributed by atoms with Gasteiger partial charge in [-0.05, 0) is 61.5 Å². The third kappa shape index (κ3) is 11.1. The summed E-state index contributed by atoms with van der Waals surface area (Å²) in [6.07, 6.45) is 1.60. The standard InChI is InChI=1S/C23H16ClFN6O5S.C7H12N2O.2C2H6/c1-26-15-9-14-12(8-13(15)25)21(33)31(22(34)27-14)11-4-2-10(3-5-11)20(32)28-18(16-6-7-17(24)37-16)19-29-23(35)36-30-19;1-5(8)4-6(2)9-7(3)10;2*1-2/h2-9,18,26H,1H3,(H,27,34)(H,28,32)(H,29,30,35);4H,1,8H2,2-3H3,(H,9,10);2*1-2H3/b;6-4+;;. The van der Waals surface area contributed by atoms with E-state index < -0.39 is 34.8 Å². The van der Waals surface area contributed by atoms with E-state index in [0.717, 1.165) is 10.6 Å². The second kappa shape index (κ2) is 19.4. The lowest BCUT2D eigenvalue weighted by atomic mass is 10.1. The van der Waals surface area contributed by atoms with Crippen LogP contribution in [0.3, 0.4) is 0 Å². The highest BCUT2D eigenvalue weighted by molar-refractivity contribution is 7.16. The number of halogens is 2. The van der Waals surface area contributed by atoms with Crippen LogP contribution in [0.5, 0.6) is 0 Å². The molecule has 17 heteroatoms. The van der Waals surface area contributed by atoms with Crippen LogP contribution in [-0.2, 0) is 4.79 Å². The number of aromatic nitrogens is 4. The molecule has 7 N–H and O–H groups in total. The fourth-order valence-corrected chi connectivity index (χ4v) is 5.47. The van der Waals surface area contributed by atoms with Gasteiger partial charge in [0.25, 0.3) is 11.5 Å². The monoisotopic (exact) mass is 742 g/mol. The van der Waals surface area contributed by atoms with Crippen molar-refractivity contribution in [2.45, 2.75) is 47.6 Å². The second-order valence-electron chi connectivity index (χ2n) is 9.86. The molecule has 0 saturated carbocycles. The molecule has 3 heterocycles. The molecule has 0 saturated heterocycles. The number of H-pyrrole nitrogens is 2. The summed E-state index contributed by atoms with van der Waals surface area (Å²) in [6.45, 7) is 14.6. The number of carbonyl (C=O) groups is 2. The van der Waals surface area contributed by atoms with E-state index in [2.05, 4.69) is 42.2 Å². The Morgan fingerprint density at radius 1 is 1.06 bits per heavy atom. The molecule has 51 heavy (non-hydrogen) atoms. The zero-order valence-electron chi connectivity index (χ0n) is 29.1. The Morgan fingerprint density at radius 2 is 1.71 bits per heavy atom. The number of benzene rings is 2. The summed E-state index contributed by atoms with van der Waals surface area (Å²) in [6, 6.07) is 10.5. The number of hydrogen-bond donors (Lipinski definition) is 6. The number of amides is 2. The summed E-state index contributed by atoms with van der Waals surface area (Å²) in [5.41, 5.74) is 5.62. The van der Waals surface area contributed by atoms with Gasteiger partial charge in [-0.2, -0.15) is 0 Å². The van der Waals surface area contributed by atoms with E-state index in [0.29, 0.717) is 20.6 Å². The average Bonchev–Trinajstić information content (AvgIpc) is 3.73. The number of fused-ring (bicyclic) bond motifs is 1. The first kappa shape index (κ1) is 41.4. The van der Waals surface area contributed by atoms with Crippen molar-refractivity contribution in [1.29, 1.82) is 0 Å². The van der Waals surface area contributed by atoms with Crippen molar-refractivity contribution >= 4 is 51.3 Å². The molecule has 2 amide bonds. The van der Waals surface area contributed by atoms with Gasteiger partial charge in [0.15, 0.2) is 5.82 Å². The molecular weight excluding hydrogens is 703 g/mol. The SMILES string of the molecule is C=C(N)/C=C(\C)NC(C)=O.CC.CC.CNc1cc2[nH]c(=O)n(-c3ccc(C(=O)NC(c4noc(=O)[nH]4)c4ccc(Cl)s4)cc3)c(=O)c2cc1F. The Labute approximate surface area is 301 Å². The van der Waals surface area contributed by atoms with E-state index in [-0.39, 0.29) is 39.6 Å². The first-order valence-electron chi connectivity index (χ1n) is 15.6. The molecular formula is C34H40ClFN8O6S. The van der Waals surface area contributed by atoms with E-state index in [9.17, 15) is 28.4 Å². The lowest BCUT2D eigenvalue weighted by Crippen LogP contribution is -2.34. The minimum absolute atomic E-state index is 0.0167. The number of nitrogens with zero attached hydrogens (tertiary/aromatic N) is 2. The Hall–Kier alpha value is -5.74. The highest BCUT2D eigenvalue weighted by Crippen LogP contribution is 2.29. The molecule has 0 radical (unpaired) electrons. The molecule has 3 aromatic heterocycles.